The van der Waals surface area contributed by atoms with E-state index >= 15 is 0 Å². The first-order valence-electron chi connectivity index (χ1n) is 7.29. The van der Waals surface area contributed by atoms with Gasteiger partial charge in [0.1, 0.15) is 17.6 Å². The van der Waals surface area contributed by atoms with E-state index < -0.39 is 22.2 Å². The Bertz CT molecular complexity index is 1050. The Morgan fingerprint density at radius 1 is 1.35 bits per heavy atom. The van der Waals surface area contributed by atoms with Crippen molar-refractivity contribution in [1.82, 2.24) is 9.55 Å². The molecule has 0 aliphatic heterocycles. The van der Waals surface area contributed by atoms with E-state index in [0.29, 0.717) is 16.9 Å². The molecule has 0 aliphatic rings. The second kappa shape index (κ2) is 7.23. The van der Waals surface area contributed by atoms with Crippen LogP contribution in [0.1, 0.15) is 15.9 Å². The maximum atomic E-state index is 13.3. The summed E-state index contributed by atoms with van der Waals surface area (Å²) in [4.78, 5) is 38.5. The van der Waals surface area contributed by atoms with Gasteiger partial charge < -0.3 is 4.57 Å². The van der Waals surface area contributed by atoms with Gasteiger partial charge in [-0.1, -0.05) is 12.1 Å². The molecule has 1 N–H and O–H groups in total. The number of rotatable bonds is 5. The number of hydrogen-bond donors (Lipinski definition) is 1. The minimum absolute atomic E-state index is 0.0154. The van der Waals surface area contributed by atoms with Crippen molar-refractivity contribution in [2.75, 3.05) is 5.32 Å². The minimum Gasteiger partial charge on any atom is -0.310 e. The number of hydrogen-bond acceptors (Lipinski definition) is 6. The third-order valence-electron chi connectivity index (χ3n) is 3.40. The molecule has 3 rings (SSSR count). The molecule has 26 heavy (non-hydrogen) atoms. The minimum atomic E-state index is -0.729. The van der Waals surface area contributed by atoms with Crippen LogP contribution in [0, 0.1) is 15.9 Å². The molecule has 0 saturated carbocycles. The van der Waals surface area contributed by atoms with Crippen LogP contribution in [0.2, 0.25) is 0 Å². The second-order valence-corrected chi connectivity index (χ2v) is 6.21. The second-order valence-electron chi connectivity index (χ2n) is 5.20. The number of amides is 1. The molecule has 2 aromatic heterocycles. The lowest BCUT2D eigenvalue weighted by molar-refractivity contribution is -0.380. The molecule has 0 atom stereocenters. The van der Waals surface area contributed by atoms with E-state index in [2.05, 4.69) is 10.3 Å². The predicted molar refractivity (Wildman–Crippen MR) is 92.9 cm³/mol. The van der Waals surface area contributed by atoms with Gasteiger partial charge in [-0.3, -0.25) is 25.0 Å². The zero-order chi connectivity index (χ0) is 18.7. The number of nitro groups is 1. The topological polar surface area (TPSA) is 107 Å². The monoisotopic (exact) mass is 374 g/mol. The molecule has 10 heteroatoms. The van der Waals surface area contributed by atoms with Crippen LogP contribution in [0.15, 0.2) is 53.6 Å². The molecule has 0 fully saturated rings. The Labute approximate surface area is 149 Å². The Kier molecular flexibility index (Phi) is 4.85. The van der Waals surface area contributed by atoms with Crippen LogP contribution in [0.4, 0.5) is 14.5 Å². The molecular formula is C16H11FN4O4S. The van der Waals surface area contributed by atoms with Gasteiger partial charge in [0.25, 0.3) is 11.5 Å². The predicted octanol–water partition coefficient (Wildman–Crippen LogP) is 2.65. The number of aromatic nitrogens is 2. The number of benzene rings is 1. The molecule has 8 nitrogen and oxygen atoms in total. The summed E-state index contributed by atoms with van der Waals surface area (Å²) in [6, 6.07) is 8.64. The largest absolute Gasteiger partial charge is 0.345 e. The van der Waals surface area contributed by atoms with Crippen molar-refractivity contribution in [3.8, 4) is 0 Å². The molecule has 0 bridgehead atoms. The standard InChI is InChI=1S/C16H11FN4O4S/c17-11-4-1-3-10(7-11)9-20-6-2-5-12(15(20)23)14(22)19-16-18-8-13(26-16)21(24)25/h1-8H,9H2,(H,18,19,22). The van der Waals surface area contributed by atoms with E-state index in [0.717, 1.165) is 6.20 Å². The smallest absolute Gasteiger partial charge is 0.310 e. The summed E-state index contributed by atoms with van der Waals surface area (Å²) in [6.07, 6.45) is 2.51. The van der Waals surface area contributed by atoms with Crippen LogP contribution in [0.5, 0.6) is 0 Å². The maximum Gasteiger partial charge on any atom is 0.345 e. The van der Waals surface area contributed by atoms with Crippen molar-refractivity contribution in [1.29, 1.82) is 0 Å². The van der Waals surface area contributed by atoms with E-state index in [1.807, 2.05) is 0 Å². The molecule has 0 unspecified atom stereocenters. The van der Waals surface area contributed by atoms with E-state index in [1.54, 1.807) is 6.07 Å². The lowest BCUT2D eigenvalue weighted by Crippen LogP contribution is -2.29. The van der Waals surface area contributed by atoms with Gasteiger partial charge in [-0.05, 0) is 41.2 Å². The highest BCUT2D eigenvalue weighted by Crippen LogP contribution is 2.25. The summed E-state index contributed by atoms with van der Waals surface area (Å²) in [7, 11) is 0. The molecule has 0 radical (unpaired) electrons. The lowest BCUT2D eigenvalue weighted by Gasteiger charge is -2.08. The number of thiazole rings is 1. The highest BCUT2D eigenvalue weighted by molar-refractivity contribution is 7.18. The molecular weight excluding hydrogens is 363 g/mol. The first kappa shape index (κ1) is 17.4. The van der Waals surface area contributed by atoms with Gasteiger partial charge in [-0.25, -0.2) is 9.37 Å². The highest BCUT2D eigenvalue weighted by Gasteiger charge is 2.17. The molecule has 2 heterocycles. The zero-order valence-corrected chi connectivity index (χ0v) is 13.9. The van der Waals surface area contributed by atoms with Gasteiger partial charge in [-0.15, -0.1) is 0 Å². The van der Waals surface area contributed by atoms with E-state index in [9.17, 15) is 24.1 Å². The van der Waals surface area contributed by atoms with Crippen molar-refractivity contribution in [2.45, 2.75) is 6.54 Å². The summed E-state index contributed by atoms with van der Waals surface area (Å²) < 4.78 is 14.5. The Morgan fingerprint density at radius 3 is 2.85 bits per heavy atom. The fraction of sp³-hybridized carbons (Fsp3) is 0.0625. The number of carbonyl (C=O) groups is 1. The normalized spacial score (nSPS) is 10.5. The number of halogens is 1. The van der Waals surface area contributed by atoms with Gasteiger partial charge in [-0.2, -0.15) is 0 Å². The molecule has 1 aromatic carbocycles. The van der Waals surface area contributed by atoms with Crippen LogP contribution in [-0.4, -0.2) is 20.4 Å². The third kappa shape index (κ3) is 3.81. The van der Waals surface area contributed by atoms with Gasteiger partial charge >= 0.3 is 5.00 Å². The SMILES string of the molecule is O=C(Nc1ncc([N+](=O)[O-])s1)c1cccn(Cc2cccc(F)c2)c1=O. The maximum absolute atomic E-state index is 13.3. The van der Waals surface area contributed by atoms with E-state index in [4.69, 9.17) is 0 Å². The van der Waals surface area contributed by atoms with E-state index in [1.165, 1.54) is 41.1 Å². The first-order chi connectivity index (χ1) is 12.4. The third-order valence-corrected chi connectivity index (χ3v) is 4.27. The van der Waals surface area contributed by atoms with Crippen LogP contribution >= 0.6 is 11.3 Å². The number of nitrogens with zero attached hydrogens (tertiary/aromatic N) is 3. The van der Waals surface area contributed by atoms with Crippen LogP contribution in [0.3, 0.4) is 0 Å². The summed E-state index contributed by atoms with van der Waals surface area (Å²) in [5.74, 6) is -1.15. The molecule has 1 amide bonds. The van der Waals surface area contributed by atoms with Crippen molar-refractivity contribution in [3.05, 3.63) is 86.2 Å². The fourth-order valence-electron chi connectivity index (χ4n) is 2.24. The molecule has 0 aliphatic carbocycles. The number of nitrogens with one attached hydrogen (secondary N) is 1. The fourth-order valence-corrected chi connectivity index (χ4v) is 2.87. The summed E-state index contributed by atoms with van der Waals surface area (Å²) in [5.41, 5.74) is -0.151. The van der Waals surface area contributed by atoms with Gasteiger partial charge in [0.2, 0.25) is 0 Å². The number of carbonyl (C=O) groups excluding carboxylic acids is 1. The van der Waals surface area contributed by atoms with Gasteiger partial charge in [0, 0.05) is 6.20 Å². The molecule has 0 saturated heterocycles. The van der Waals surface area contributed by atoms with Crippen molar-refractivity contribution in [2.24, 2.45) is 0 Å². The highest BCUT2D eigenvalue weighted by atomic mass is 32.1. The van der Waals surface area contributed by atoms with E-state index in [-0.39, 0.29) is 22.2 Å². The van der Waals surface area contributed by atoms with Crippen LogP contribution in [0.25, 0.3) is 0 Å². The summed E-state index contributed by atoms with van der Waals surface area (Å²) >= 11 is 0.686. The number of anilines is 1. The number of pyridine rings is 1. The average Bonchev–Trinajstić information content (AvgIpc) is 3.05. The van der Waals surface area contributed by atoms with Gasteiger partial charge in [0.05, 0.1) is 11.5 Å². The van der Waals surface area contributed by atoms with Gasteiger partial charge in [0.15, 0.2) is 5.13 Å². The van der Waals surface area contributed by atoms with Crippen molar-refractivity contribution in [3.63, 3.8) is 0 Å². The van der Waals surface area contributed by atoms with Crippen molar-refractivity contribution >= 4 is 27.4 Å². The Hall–Kier alpha value is -3.40. The first-order valence-corrected chi connectivity index (χ1v) is 8.11. The quantitative estimate of drug-likeness (QED) is 0.546. The van der Waals surface area contributed by atoms with Crippen LogP contribution < -0.4 is 10.9 Å². The summed E-state index contributed by atoms with van der Waals surface area (Å²) in [6.45, 7) is 0.0977. The molecule has 3 aromatic rings. The zero-order valence-electron chi connectivity index (χ0n) is 13.1. The molecule has 0 spiro atoms. The lowest BCUT2D eigenvalue weighted by atomic mass is 10.2. The average molecular weight is 374 g/mol. The Balaban J connectivity index is 1.82. The summed E-state index contributed by atoms with van der Waals surface area (Å²) in [5, 5.41) is 12.8. The molecule has 132 valence electrons. The van der Waals surface area contributed by atoms with Crippen LogP contribution in [-0.2, 0) is 6.54 Å². The van der Waals surface area contributed by atoms with Crippen molar-refractivity contribution < 1.29 is 14.1 Å². The Morgan fingerprint density at radius 2 is 2.15 bits per heavy atom.